The number of hydrogen-bond donors (Lipinski definition) is 1. The van der Waals surface area contributed by atoms with Gasteiger partial charge in [-0.1, -0.05) is 20.3 Å². The zero-order valence-electron chi connectivity index (χ0n) is 12.7. The van der Waals surface area contributed by atoms with Crippen molar-refractivity contribution in [3.63, 3.8) is 0 Å². The summed E-state index contributed by atoms with van der Waals surface area (Å²) in [7, 11) is 1.40. The molecule has 20 heavy (non-hydrogen) atoms. The highest BCUT2D eigenvalue weighted by atomic mass is 16.5. The van der Waals surface area contributed by atoms with Crippen molar-refractivity contribution in [2.45, 2.75) is 52.0 Å². The van der Waals surface area contributed by atoms with Crippen LogP contribution in [0.2, 0.25) is 0 Å². The van der Waals surface area contributed by atoms with Crippen molar-refractivity contribution in [1.29, 1.82) is 0 Å². The fraction of sp³-hybridized carbons (Fsp3) is 0.588. The first-order chi connectivity index (χ1) is 9.50. The van der Waals surface area contributed by atoms with Crippen molar-refractivity contribution >= 4 is 11.7 Å². The van der Waals surface area contributed by atoms with Crippen LogP contribution < -0.4 is 5.32 Å². The standard InChI is InChI=1S/C17H25NO2/c1-17(2)11-4-5-14(10-12-17)18-15-8-6-13(7-9-15)16(19)20-3/h6-9,14,18H,4-5,10-12H2,1-3H3. The Labute approximate surface area is 121 Å². The van der Waals surface area contributed by atoms with Crippen LogP contribution in [0, 0.1) is 5.41 Å². The number of nitrogens with one attached hydrogen (secondary N) is 1. The summed E-state index contributed by atoms with van der Waals surface area (Å²) in [6, 6.07) is 8.09. The molecule has 1 fully saturated rings. The van der Waals surface area contributed by atoms with Crippen molar-refractivity contribution in [3.8, 4) is 0 Å². The van der Waals surface area contributed by atoms with Gasteiger partial charge in [0, 0.05) is 11.7 Å². The Kier molecular flexibility index (Phi) is 4.69. The molecule has 1 atom stereocenters. The number of methoxy groups -OCH3 is 1. The fourth-order valence-corrected chi connectivity index (χ4v) is 2.86. The van der Waals surface area contributed by atoms with Gasteiger partial charge in [0.15, 0.2) is 0 Å². The summed E-state index contributed by atoms with van der Waals surface area (Å²) in [4.78, 5) is 11.4. The van der Waals surface area contributed by atoms with E-state index in [1.54, 1.807) is 0 Å². The van der Waals surface area contributed by atoms with Crippen molar-refractivity contribution in [1.82, 2.24) is 0 Å². The van der Waals surface area contributed by atoms with Gasteiger partial charge in [0.2, 0.25) is 0 Å². The van der Waals surface area contributed by atoms with Crippen LogP contribution in [-0.4, -0.2) is 19.1 Å². The fourth-order valence-electron chi connectivity index (χ4n) is 2.86. The van der Waals surface area contributed by atoms with E-state index in [-0.39, 0.29) is 5.97 Å². The smallest absolute Gasteiger partial charge is 0.337 e. The molecule has 1 aromatic rings. The van der Waals surface area contributed by atoms with Crippen molar-refractivity contribution in [2.75, 3.05) is 12.4 Å². The summed E-state index contributed by atoms with van der Waals surface area (Å²) >= 11 is 0. The lowest BCUT2D eigenvalue weighted by Crippen LogP contribution is -2.19. The van der Waals surface area contributed by atoms with Crippen LogP contribution in [0.25, 0.3) is 0 Å². The van der Waals surface area contributed by atoms with Gasteiger partial charge in [0.1, 0.15) is 0 Å². The second-order valence-electron chi connectivity index (χ2n) is 6.51. The molecule has 1 aromatic carbocycles. The van der Waals surface area contributed by atoms with E-state index in [0.717, 1.165) is 5.69 Å². The molecule has 1 aliphatic carbocycles. The first-order valence-corrected chi connectivity index (χ1v) is 7.45. The highest BCUT2D eigenvalue weighted by Crippen LogP contribution is 2.34. The predicted octanol–water partition coefficient (Wildman–Crippen LogP) is 4.24. The summed E-state index contributed by atoms with van der Waals surface area (Å²) in [5.74, 6) is -0.284. The minimum atomic E-state index is -0.284. The molecule has 0 saturated heterocycles. The molecule has 3 nitrogen and oxygen atoms in total. The summed E-state index contributed by atoms with van der Waals surface area (Å²) < 4.78 is 4.71. The number of anilines is 1. The zero-order valence-corrected chi connectivity index (χ0v) is 12.7. The predicted molar refractivity (Wildman–Crippen MR) is 82.1 cm³/mol. The van der Waals surface area contributed by atoms with Gasteiger partial charge in [-0.05, 0) is 55.4 Å². The average Bonchev–Trinajstić information content (AvgIpc) is 2.60. The second kappa shape index (κ2) is 6.29. The molecule has 3 heteroatoms. The Bertz CT molecular complexity index is 451. The number of benzene rings is 1. The topological polar surface area (TPSA) is 38.3 Å². The van der Waals surface area contributed by atoms with Crippen LogP contribution in [0.15, 0.2) is 24.3 Å². The van der Waals surface area contributed by atoms with Gasteiger partial charge in [0.05, 0.1) is 12.7 Å². The molecule has 0 amide bonds. The minimum absolute atomic E-state index is 0.284. The van der Waals surface area contributed by atoms with E-state index in [1.807, 2.05) is 24.3 Å². The van der Waals surface area contributed by atoms with E-state index in [2.05, 4.69) is 19.2 Å². The van der Waals surface area contributed by atoms with E-state index in [1.165, 1.54) is 39.2 Å². The summed E-state index contributed by atoms with van der Waals surface area (Å²) in [5.41, 5.74) is 2.16. The van der Waals surface area contributed by atoms with E-state index >= 15 is 0 Å². The lowest BCUT2D eigenvalue weighted by Gasteiger charge is -2.22. The maximum absolute atomic E-state index is 11.4. The van der Waals surface area contributed by atoms with Crippen molar-refractivity contribution in [3.05, 3.63) is 29.8 Å². The lowest BCUT2D eigenvalue weighted by molar-refractivity contribution is 0.0601. The molecular weight excluding hydrogens is 250 g/mol. The van der Waals surface area contributed by atoms with E-state index in [9.17, 15) is 4.79 Å². The van der Waals surface area contributed by atoms with Gasteiger partial charge in [-0.15, -0.1) is 0 Å². The Morgan fingerprint density at radius 3 is 2.55 bits per heavy atom. The Morgan fingerprint density at radius 2 is 1.90 bits per heavy atom. The summed E-state index contributed by atoms with van der Waals surface area (Å²) in [5, 5.41) is 3.59. The molecule has 0 aliphatic heterocycles. The Hall–Kier alpha value is -1.51. The number of hydrogen-bond acceptors (Lipinski definition) is 3. The van der Waals surface area contributed by atoms with E-state index in [4.69, 9.17) is 4.74 Å². The first-order valence-electron chi connectivity index (χ1n) is 7.45. The third-order valence-corrected chi connectivity index (χ3v) is 4.25. The summed E-state index contributed by atoms with van der Waals surface area (Å²) in [6.07, 6.45) is 6.30. The lowest BCUT2D eigenvalue weighted by atomic mass is 9.85. The van der Waals surface area contributed by atoms with E-state index in [0.29, 0.717) is 17.0 Å². The Morgan fingerprint density at radius 1 is 1.20 bits per heavy atom. The van der Waals surface area contributed by atoms with Gasteiger partial charge >= 0.3 is 5.97 Å². The normalized spacial score (nSPS) is 21.9. The van der Waals surface area contributed by atoms with Crippen LogP contribution in [0.5, 0.6) is 0 Å². The van der Waals surface area contributed by atoms with Crippen LogP contribution >= 0.6 is 0 Å². The highest BCUT2D eigenvalue weighted by molar-refractivity contribution is 5.89. The third kappa shape index (κ3) is 3.99. The van der Waals surface area contributed by atoms with Crippen LogP contribution in [0.4, 0.5) is 5.69 Å². The van der Waals surface area contributed by atoms with Crippen molar-refractivity contribution in [2.24, 2.45) is 5.41 Å². The first kappa shape index (κ1) is 14.9. The second-order valence-corrected chi connectivity index (χ2v) is 6.51. The number of esters is 1. The molecule has 1 aliphatic rings. The van der Waals surface area contributed by atoms with Gasteiger partial charge in [0.25, 0.3) is 0 Å². The highest BCUT2D eigenvalue weighted by Gasteiger charge is 2.24. The molecule has 0 radical (unpaired) electrons. The van der Waals surface area contributed by atoms with Crippen LogP contribution in [-0.2, 0) is 4.74 Å². The molecule has 0 spiro atoms. The largest absolute Gasteiger partial charge is 0.465 e. The number of rotatable bonds is 3. The van der Waals surface area contributed by atoms with Gasteiger partial charge in [-0.25, -0.2) is 4.79 Å². The molecule has 1 saturated carbocycles. The molecule has 1 unspecified atom stereocenters. The van der Waals surface area contributed by atoms with Crippen molar-refractivity contribution < 1.29 is 9.53 Å². The summed E-state index contributed by atoms with van der Waals surface area (Å²) in [6.45, 7) is 4.72. The molecular formula is C17H25NO2. The molecule has 0 bridgehead atoms. The maximum atomic E-state index is 11.4. The number of carbonyl (C=O) groups is 1. The monoisotopic (exact) mass is 275 g/mol. The zero-order chi connectivity index (χ0) is 14.6. The Balaban J connectivity index is 1.94. The average molecular weight is 275 g/mol. The molecule has 110 valence electrons. The van der Waals surface area contributed by atoms with Gasteiger partial charge in [-0.3, -0.25) is 0 Å². The molecule has 0 heterocycles. The van der Waals surface area contributed by atoms with E-state index < -0.39 is 0 Å². The van der Waals surface area contributed by atoms with Crippen LogP contribution in [0.3, 0.4) is 0 Å². The number of ether oxygens (including phenoxy) is 1. The molecule has 2 rings (SSSR count). The third-order valence-electron chi connectivity index (χ3n) is 4.25. The quantitative estimate of drug-likeness (QED) is 0.662. The maximum Gasteiger partial charge on any atom is 0.337 e. The molecule has 1 N–H and O–H groups in total. The van der Waals surface area contributed by atoms with Gasteiger partial charge < -0.3 is 10.1 Å². The molecule has 0 aromatic heterocycles. The van der Waals surface area contributed by atoms with Crippen LogP contribution in [0.1, 0.15) is 56.3 Å². The SMILES string of the molecule is COC(=O)c1ccc(NC2CCCC(C)(C)CC2)cc1. The number of carbonyl (C=O) groups excluding carboxylic acids is 1. The van der Waals surface area contributed by atoms with Gasteiger partial charge in [-0.2, -0.15) is 0 Å². The minimum Gasteiger partial charge on any atom is -0.465 e.